The Balaban J connectivity index is 2.35. The van der Waals surface area contributed by atoms with E-state index in [4.69, 9.17) is 10.3 Å². The molecule has 0 amide bonds. The van der Waals surface area contributed by atoms with Gasteiger partial charge in [-0.3, -0.25) is 9.87 Å². The summed E-state index contributed by atoms with van der Waals surface area (Å²) >= 11 is 0. The van der Waals surface area contributed by atoms with Crippen LogP contribution in [0.3, 0.4) is 0 Å². The summed E-state index contributed by atoms with van der Waals surface area (Å²) in [5.74, 6) is 0.803. The van der Waals surface area contributed by atoms with Gasteiger partial charge in [-0.2, -0.15) is 8.42 Å². The van der Waals surface area contributed by atoms with E-state index in [0.29, 0.717) is 18.4 Å². The van der Waals surface area contributed by atoms with Gasteiger partial charge in [0, 0.05) is 12.6 Å². The summed E-state index contributed by atoms with van der Waals surface area (Å²) in [4.78, 5) is 6.36. The second-order valence-electron chi connectivity index (χ2n) is 4.80. The Morgan fingerprint density at radius 1 is 1.62 bits per heavy atom. The predicted molar refractivity (Wildman–Crippen MR) is 77.2 cm³/mol. The average molecular weight is 318 g/mol. The number of nitrogens with two attached hydrogens (primary N) is 1. The van der Waals surface area contributed by atoms with Crippen molar-refractivity contribution in [3.63, 3.8) is 0 Å². The first-order chi connectivity index (χ1) is 9.85. The van der Waals surface area contributed by atoms with E-state index < -0.39 is 10.4 Å². The van der Waals surface area contributed by atoms with Crippen LogP contribution < -0.4 is 25.0 Å². The molecule has 118 valence electrons. The molecule has 1 fully saturated rings. The molecule has 0 saturated carbocycles. The zero-order chi connectivity index (χ0) is 15.6. The molecule has 2 rings (SSSR count). The Morgan fingerprint density at radius 3 is 2.86 bits per heavy atom. The minimum atomic E-state index is -4.69. The van der Waals surface area contributed by atoms with Crippen molar-refractivity contribution in [1.82, 2.24) is 4.98 Å². The lowest BCUT2D eigenvalue weighted by Crippen LogP contribution is -2.50. The molecule has 1 unspecified atom stereocenters. The Kier molecular flexibility index (Phi) is 4.37. The molecule has 4 N–H and O–H groups in total. The zero-order valence-electron chi connectivity index (χ0n) is 12.0. The summed E-state index contributed by atoms with van der Waals surface area (Å²) in [6.45, 7) is 5.47. The first-order valence-electron chi connectivity index (χ1n) is 6.76. The number of anilines is 3. The molecule has 1 atom stereocenters. The first-order valence-corrected chi connectivity index (χ1v) is 8.12. The van der Waals surface area contributed by atoms with Gasteiger partial charge in [-0.15, -0.1) is 0 Å². The Morgan fingerprint density at radius 2 is 2.33 bits per heavy atom. The molecule has 9 nitrogen and oxygen atoms in total. The third-order valence-electron chi connectivity index (χ3n) is 3.11. The van der Waals surface area contributed by atoms with Gasteiger partial charge in [-0.25, -0.2) is 4.28 Å². The summed E-state index contributed by atoms with van der Waals surface area (Å²) < 4.78 is 35.8. The minimum Gasteiger partial charge on any atom is -0.339 e. The van der Waals surface area contributed by atoms with Crippen LogP contribution in [0.5, 0.6) is 0 Å². The van der Waals surface area contributed by atoms with Crippen LogP contribution in [-0.2, 0) is 10.4 Å². The van der Waals surface area contributed by atoms with Gasteiger partial charge in [0.25, 0.3) is 0 Å². The topological polar surface area (TPSA) is 121 Å². The quantitative estimate of drug-likeness (QED) is 0.353. The molecular weight excluding hydrogens is 298 g/mol. The molecule has 0 spiro atoms. The molecule has 1 aromatic heterocycles. The molecule has 0 aromatic carbocycles. The van der Waals surface area contributed by atoms with Gasteiger partial charge in [0.05, 0.1) is 12.6 Å². The van der Waals surface area contributed by atoms with Gasteiger partial charge < -0.3 is 10.6 Å². The second-order valence-corrected chi connectivity index (χ2v) is 5.81. The van der Waals surface area contributed by atoms with E-state index in [-0.39, 0.29) is 11.8 Å². The monoisotopic (exact) mass is 318 g/mol. The van der Waals surface area contributed by atoms with Crippen molar-refractivity contribution in [2.75, 3.05) is 29.0 Å². The minimum absolute atomic E-state index is 0.0259. The van der Waals surface area contributed by atoms with Crippen molar-refractivity contribution >= 4 is 28.0 Å². The van der Waals surface area contributed by atoms with Crippen LogP contribution in [0.25, 0.3) is 0 Å². The molecule has 2 heterocycles. The van der Waals surface area contributed by atoms with E-state index in [2.05, 4.69) is 21.5 Å². The zero-order valence-corrected chi connectivity index (χ0v) is 12.8. The Hall–Kier alpha value is -1.81. The summed E-state index contributed by atoms with van der Waals surface area (Å²) in [6, 6.07) is 1.94. The molecule has 1 aliphatic heterocycles. The van der Waals surface area contributed by atoms with Gasteiger partial charge in [0.2, 0.25) is 5.82 Å². The van der Waals surface area contributed by atoms with Crippen LogP contribution in [0.1, 0.15) is 26.7 Å². The SMILES string of the molecule is CCCNc1nc(N2CC2CC)cc(N)[n+]1OS(=O)(=O)O. The highest BCUT2D eigenvalue weighted by Crippen LogP contribution is 2.29. The summed E-state index contributed by atoms with van der Waals surface area (Å²) in [5.41, 5.74) is 5.81. The van der Waals surface area contributed by atoms with E-state index in [1.807, 2.05) is 11.8 Å². The summed E-state index contributed by atoms with van der Waals surface area (Å²) in [7, 11) is -4.69. The normalized spacial score (nSPS) is 17.7. The molecule has 10 heteroatoms. The second kappa shape index (κ2) is 5.90. The van der Waals surface area contributed by atoms with Crippen molar-refractivity contribution in [3.8, 4) is 0 Å². The van der Waals surface area contributed by atoms with Crippen LogP contribution in [0.4, 0.5) is 17.6 Å². The van der Waals surface area contributed by atoms with Crippen molar-refractivity contribution in [2.45, 2.75) is 32.7 Å². The highest BCUT2D eigenvalue weighted by atomic mass is 32.3. The molecule has 0 radical (unpaired) electrons. The predicted octanol–water partition coefficient (Wildman–Crippen LogP) is -0.397. The van der Waals surface area contributed by atoms with Crippen molar-refractivity contribution in [1.29, 1.82) is 0 Å². The third-order valence-corrected chi connectivity index (χ3v) is 3.44. The van der Waals surface area contributed by atoms with Crippen molar-refractivity contribution < 1.29 is 22.0 Å². The maximum absolute atomic E-state index is 10.9. The van der Waals surface area contributed by atoms with Crippen LogP contribution >= 0.6 is 0 Å². The number of nitrogen functional groups attached to an aromatic ring is 1. The van der Waals surface area contributed by atoms with Gasteiger partial charge in [0.15, 0.2) is 5.82 Å². The van der Waals surface area contributed by atoms with E-state index in [0.717, 1.165) is 24.1 Å². The number of hydrogen-bond acceptors (Lipinski definition) is 7. The van der Waals surface area contributed by atoms with E-state index in [1.165, 1.54) is 6.07 Å². The largest absolute Gasteiger partial charge is 0.474 e. The molecule has 1 saturated heterocycles. The molecule has 0 bridgehead atoms. The maximum Gasteiger partial charge on any atom is 0.474 e. The van der Waals surface area contributed by atoms with Crippen LogP contribution in [0.2, 0.25) is 0 Å². The summed E-state index contributed by atoms with van der Waals surface area (Å²) in [6.07, 6.45) is 1.80. The molecule has 0 aliphatic carbocycles. The fourth-order valence-electron chi connectivity index (χ4n) is 1.98. The van der Waals surface area contributed by atoms with Crippen LogP contribution in [0.15, 0.2) is 6.07 Å². The maximum atomic E-state index is 10.9. The number of nitrogens with one attached hydrogen (secondary N) is 1. The molecule has 1 aliphatic rings. The van der Waals surface area contributed by atoms with E-state index in [9.17, 15) is 8.42 Å². The lowest BCUT2D eigenvalue weighted by atomic mass is 10.4. The van der Waals surface area contributed by atoms with Crippen LogP contribution in [-0.4, -0.2) is 37.1 Å². The first kappa shape index (κ1) is 15.6. The van der Waals surface area contributed by atoms with E-state index >= 15 is 0 Å². The fourth-order valence-corrected chi connectivity index (χ4v) is 2.32. The number of nitrogens with zero attached hydrogens (tertiary/aromatic N) is 3. The molecule has 1 aromatic rings. The fraction of sp³-hybridized carbons (Fsp3) is 0.636. The number of rotatable bonds is 7. The Labute approximate surface area is 123 Å². The van der Waals surface area contributed by atoms with Gasteiger partial charge in [-0.1, -0.05) is 18.8 Å². The highest BCUT2D eigenvalue weighted by Gasteiger charge is 2.36. The highest BCUT2D eigenvalue weighted by molar-refractivity contribution is 7.80. The lowest BCUT2D eigenvalue weighted by Gasteiger charge is -2.10. The number of aromatic nitrogens is 2. The summed E-state index contributed by atoms with van der Waals surface area (Å²) in [5, 5.41) is 2.93. The Bertz CT molecular complexity index is 621. The van der Waals surface area contributed by atoms with Gasteiger partial charge >= 0.3 is 16.3 Å². The third kappa shape index (κ3) is 3.85. The van der Waals surface area contributed by atoms with Gasteiger partial charge in [0.1, 0.15) is 0 Å². The van der Waals surface area contributed by atoms with Crippen LogP contribution in [0, 0.1) is 0 Å². The number of hydrogen-bond donors (Lipinski definition) is 3. The average Bonchev–Trinajstić information content (AvgIpc) is 3.17. The lowest BCUT2D eigenvalue weighted by molar-refractivity contribution is -0.835. The standard InChI is InChI=1S/C11H19N5O4S/c1-3-5-13-11-14-10(15-7-8(15)4-2)6-9(12)16(11)20-21(17,18)19/h6,8H,3-5,7H2,1-2H3,(H3,12,13,14,17,18,19)/p+1. The molecule has 21 heavy (non-hydrogen) atoms. The van der Waals surface area contributed by atoms with Crippen molar-refractivity contribution in [3.05, 3.63) is 6.07 Å². The molecular formula is C11H20N5O4S+. The van der Waals surface area contributed by atoms with E-state index in [1.54, 1.807) is 0 Å². The van der Waals surface area contributed by atoms with Crippen molar-refractivity contribution in [2.24, 2.45) is 0 Å². The smallest absolute Gasteiger partial charge is 0.339 e. The van der Waals surface area contributed by atoms with Gasteiger partial charge in [-0.05, 0) is 17.6 Å².